The van der Waals surface area contributed by atoms with E-state index < -0.39 is 0 Å². The lowest BCUT2D eigenvalue weighted by Gasteiger charge is -2.06. The van der Waals surface area contributed by atoms with Gasteiger partial charge in [-0.15, -0.1) is 0 Å². The van der Waals surface area contributed by atoms with Crippen molar-refractivity contribution in [1.29, 1.82) is 0 Å². The van der Waals surface area contributed by atoms with Gasteiger partial charge in [-0.05, 0) is 6.42 Å². The van der Waals surface area contributed by atoms with Crippen molar-refractivity contribution in [2.24, 2.45) is 0 Å². The van der Waals surface area contributed by atoms with Crippen LogP contribution in [0.25, 0.3) is 0 Å². The van der Waals surface area contributed by atoms with Crippen molar-refractivity contribution >= 4 is 8.58 Å². The van der Waals surface area contributed by atoms with Gasteiger partial charge in [-0.3, -0.25) is 0 Å². The first-order valence-corrected chi connectivity index (χ1v) is 3.84. The maximum absolute atomic E-state index is 5.21. The molecule has 1 rings (SSSR count). The summed E-state index contributed by atoms with van der Waals surface area (Å²) in [5.74, 6) is 0. The Labute approximate surface area is 46.2 Å². The Morgan fingerprint density at radius 2 is 2.43 bits per heavy atom. The monoisotopic (exact) mass is 118 g/mol. The summed E-state index contributed by atoms with van der Waals surface area (Å²) < 4.78 is 5.21. The highest BCUT2D eigenvalue weighted by molar-refractivity contribution is 7.48. The highest BCUT2D eigenvalue weighted by Gasteiger charge is 2.40. The molecule has 0 N–H and O–H groups in total. The summed E-state index contributed by atoms with van der Waals surface area (Å²) in [6.45, 7) is 2.18. The topological polar surface area (TPSA) is 9.23 Å². The lowest BCUT2D eigenvalue weighted by atomic mass is 10.3. The van der Waals surface area contributed by atoms with Crippen LogP contribution in [-0.4, -0.2) is 18.6 Å². The van der Waals surface area contributed by atoms with Crippen LogP contribution in [0.2, 0.25) is 0 Å². The van der Waals surface area contributed by atoms with Gasteiger partial charge >= 0.3 is 0 Å². The molecule has 2 atom stereocenters. The summed E-state index contributed by atoms with van der Waals surface area (Å²) in [5.41, 5.74) is 0. The van der Waals surface area contributed by atoms with Crippen molar-refractivity contribution in [1.82, 2.24) is 0 Å². The standard InChI is InChI=1S/C5H11OP/c1-3-5(6-2)4-7-5/h7H,3-4H2,1-2H3. The molecule has 0 spiro atoms. The smallest absolute Gasteiger partial charge is 0.0873 e. The maximum Gasteiger partial charge on any atom is 0.0873 e. The third-order valence-corrected chi connectivity index (χ3v) is 3.23. The van der Waals surface area contributed by atoms with Crippen molar-refractivity contribution in [2.45, 2.75) is 18.7 Å². The average Bonchev–Trinajstić information content (AvgIpc) is 2.46. The Balaban J connectivity index is 2.28. The first-order valence-electron chi connectivity index (χ1n) is 2.63. The van der Waals surface area contributed by atoms with Crippen molar-refractivity contribution in [3.63, 3.8) is 0 Å². The van der Waals surface area contributed by atoms with Crippen LogP contribution in [0.5, 0.6) is 0 Å². The van der Waals surface area contributed by atoms with Crippen LogP contribution in [-0.2, 0) is 4.74 Å². The van der Waals surface area contributed by atoms with E-state index in [4.69, 9.17) is 4.74 Å². The molecule has 1 aliphatic heterocycles. The molecule has 0 aromatic carbocycles. The molecule has 42 valence electrons. The third-order valence-electron chi connectivity index (χ3n) is 1.53. The molecule has 1 aliphatic rings. The molecule has 0 saturated carbocycles. The molecule has 0 aromatic heterocycles. The number of hydrogen-bond acceptors (Lipinski definition) is 1. The fourth-order valence-electron chi connectivity index (χ4n) is 0.637. The van der Waals surface area contributed by atoms with Gasteiger partial charge in [-0.25, -0.2) is 0 Å². The second-order valence-electron chi connectivity index (χ2n) is 1.91. The predicted molar refractivity (Wildman–Crippen MR) is 33.2 cm³/mol. The van der Waals surface area contributed by atoms with Gasteiger partial charge in [-0.2, -0.15) is 0 Å². The van der Waals surface area contributed by atoms with Crippen LogP contribution in [0.4, 0.5) is 0 Å². The summed E-state index contributed by atoms with van der Waals surface area (Å²) in [6.07, 6.45) is 2.50. The van der Waals surface area contributed by atoms with E-state index in [1.807, 2.05) is 7.11 Å². The Morgan fingerprint density at radius 1 is 1.86 bits per heavy atom. The highest BCUT2D eigenvalue weighted by Crippen LogP contribution is 2.54. The average molecular weight is 118 g/mol. The molecule has 1 saturated heterocycles. The normalized spacial score (nSPS) is 42.0. The van der Waals surface area contributed by atoms with Crippen molar-refractivity contribution in [2.75, 3.05) is 13.3 Å². The van der Waals surface area contributed by atoms with E-state index in [9.17, 15) is 0 Å². The number of hydrogen-bond donors (Lipinski definition) is 0. The fraction of sp³-hybridized carbons (Fsp3) is 1.00. The lowest BCUT2D eigenvalue weighted by molar-refractivity contribution is 0.111. The van der Waals surface area contributed by atoms with E-state index in [1.54, 1.807) is 0 Å². The molecule has 0 bridgehead atoms. The Morgan fingerprint density at radius 3 is 2.43 bits per heavy atom. The highest BCUT2D eigenvalue weighted by atomic mass is 31.1. The lowest BCUT2D eigenvalue weighted by Crippen LogP contribution is -2.07. The molecule has 0 radical (unpaired) electrons. The van der Waals surface area contributed by atoms with E-state index >= 15 is 0 Å². The molecular weight excluding hydrogens is 107 g/mol. The van der Waals surface area contributed by atoms with E-state index in [2.05, 4.69) is 6.92 Å². The van der Waals surface area contributed by atoms with E-state index in [0.29, 0.717) is 5.34 Å². The largest absolute Gasteiger partial charge is 0.374 e. The molecule has 1 fully saturated rings. The van der Waals surface area contributed by atoms with Crippen LogP contribution >= 0.6 is 8.58 Å². The van der Waals surface area contributed by atoms with E-state index in [1.165, 1.54) is 12.6 Å². The van der Waals surface area contributed by atoms with Gasteiger partial charge in [0.1, 0.15) is 0 Å². The summed E-state index contributed by atoms with van der Waals surface area (Å²) in [5, 5.41) is 0.361. The number of ether oxygens (including phenoxy) is 1. The zero-order valence-electron chi connectivity index (χ0n) is 4.82. The summed E-state index contributed by atoms with van der Waals surface area (Å²) in [4.78, 5) is 0. The molecule has 1 nitrogen and oxygen atoms in total. The zero-order valence-corrected chi connectivity index (χ0v) is 5.82. The van der Waals surface area contributed by atoms with Crippen LogP contribution in [0.3, 0.4) is 0 Å². The summed E-state index contributed by atoms with van der Waals surface area (Å²) in [6, 6.07) is 0. The fourth-order valence-corrected chi connectivity index (χ4v) is 1.62. The first kappa shape index (κ1) is 5.53. The van der Waals surface area contributed by atoms with Gasteiger partial charge in [0.25, 0.3) is 0 Å². The Hall–Kier alpha value is 0.390. The van der Waals surface area contributed by atoms with Gasteiger partial charge in [-0.1, -0.05) is 15.5 Å². The van der Waals surface area contributed by atoms with Gasteiger partial charge in [0, 0.05) is 13.3 Å². The molecule has 2 heteroatoms. The minimum atomic E-state index is 0.361. The predicted octanol–water partition coefficient (Wildman–Crippen LogP) is 1.43. The Kier molecular flexibility index (Phi) is 1.36. The van der Waals surface area contributed by atoms with Crippen LogP contribution < -0.4 is 0 Å². The third kappa shape index (κ3) is 0.949. The second-order valence-corrected chi connectivity index (χ2v) is 3.52. The van der Waals surface area contributed by atoms with Gasteiger partial charge < -0.3 is 4.74 Å². The molecular formula is C5H11OP. The Bertz CT molecular complexity index is 62.5. The van der Waals surface area contributed by atoms with Crippen molar-refractivity contribution in [3.05, 3.63) is 0 Å². The minimum Gasteiger partial charge on any atom is -0.374 e. The molecule has 0 aliphatic carbocycles. The molecule has 1 heterocycles. The van der Waals surface area contributed by atoms with Crippen LogP contribution in [0.1, 0.15) is 13.3 Å². The second kappa shape index (κ2) is 1.72. The molecule has 0 aromatic rings. The van der Waals surface area contributed by atoms with Gasteiger partial charge in [0.15, 0.2) is 0 Å². The maximum atomic E-state index is 5.21. The van der Waals surface area contributed by atoms with Crippen LogP contribution in [0, 0.1) is 0 Å². The quantitative estimate of drug-likeness (QED) is 0.498. The number of methoxy groups -OCH3 is 1. The van der Waals surface area contributed by atoms with Gasteiger partial charge in [0.2, 0.25) is 0 Å². The van der Waals surface area contributed by atoms with Gasteiger partial charge in [0.05, 0.1) is 5.34 Å². The summed E-state index contributed by atoms with van der Waals surface area (Å²) in [7, 11) is 2.88. The zero-order chi connectivity index (χ0) is 5.33. The van der Waals surface area contributed by atoms with Crippen LogP contribution in [0.15, 0.2) is 0 Å². The SMILES string of the molecule is CCC1(OC)CP1. The van der Waals surface area contributed by atoms with Crippen molar-refractivity contribution < 1.29 is 4.74 Å². The van der Waals surface area contributed by atoms with E-state index in [-0.39, 0.29) is 0 Å². The minimum absolute atomic E-state index is 0.361. The number of rotatable bonds is 2. The molecule has 0 amide bonds. The molecule has 7 heavy (non-hydrogen) atoms. The summed E-state index contributed by atoms with van der Waals surface area (Å²) >= 11 is 0. The molecule has 2 unspecified atom stereocenters. The van der Waals surface area contributed by atoms with Crippen molar-refractivity contribution in [3.8, 4) is 0 Å². The first-order chi connectivity index (χ1) is 3.33. The van der Waals surface area contributed by atoms with E-state index in [0.717, 1.165) is 8.58 Å².